The molecule has 214 valence electrons. The van der Waals surface area contributed by atoms with Gasteiger partial charge in [0.15, 0.2) is 11.6 Å². The molecule has 0 amide bonds. The highest BCUT2D eigenvalue weighted by Gasteiger charge is 2.35. The van der Waals surface area contributed by atoms with Crippen LogP contribution in [0.4, 0.5) is 5.95 Å². The number of nitrogens with one attached hydrogen (secondary N) is 1. The molecule has 4 rings (SSSR count). The van der Waals surface area contributed by atoms with Crippen LogP contribution in [0, 0.1) is 13.8 Å². The minimum atomic E-state index is -4.09. The molecule has 0 aliphatic heterocycles. The molecule has 14 heteroatoms. The van der Waals surface area contributed by atoms with E-state index >= 15 is 0 Å². The molecule has 0 radical (unpaired) electrons. The number of aromatic nitrogens is 7. The molecule has 0 aromatic carbocycles. The number of hydrogen-bond donors (Lipinski definition) is 1. The molecular weight excluding hydrogens is 536 g/mol. The summed E-state index contributed by atoms with van der Waals surface area (Å²) in [6.07, 6.45) is 2.68. The molecule has 0 spiro atoms. The summed E-state index contributed by atoms with van der Waals surface area (Å²) in [4.78, 5) is 13.1. The van der Waals surface area contributed by atoms with E-state index in [1.54, 1.807) is 49.0 Å². The molecule has 40 heavy (non-hydrogen) atoms. The second-order valence-electron chi connectivity index (χ2n) is 9.59. The van der Waals surface area contributed by atoms with E-state index in [-0.39, 0.29) is 24.4 Å². The van der Waals surface area contributed by atoms with E-state index in [4.69, 9.17) is 14.0 Å². The summed E-state index contributed by atoms with van der Waals surface area (Å²) in [5, 5.41) is 11.6. The molecule has 0 aliphatic carbocycles. The molecule has 2 atom stereocenters. The Labute approximate surface area is 233 Å². The summed E-state index contributed by atoms with van der Waals surface area (Å²) in [7, 11) is -2.57. The molecule has 0 aliphatic rings. The van der Waals surface area contributed by atoms with Crippen molar-refractivity contribution in [1.82, 2.24) is 34.9 Å². The highest BCUT2D eigenvalue weighted by molar-refractivity contribution is 7.93. The molecule has 0 bridgehead atoms. The van der Waals surface area contributed by atoms with Gasteiger partial charge < -0.3 is 14.0 Å². The number of rotatable bonds is 12. The summed E-state index contributed by atoms with van der Waals surface area (Å²) < 4.78 is 48.5. The predicted octanol–water partition coefficient (Wildman–Crippen LogP) is 3.65. The van der Waals surface area contributed by atoms with Crippen LogP contribution >= 0.6 is 0 Å². The highest BCUT2D eigenvalue weighted by Crippen LogP contribution is 2.29. The third-order valence-corrected chi connectivity index (χ3v) is 7.95. The van der Waals surface area contributed by atoms with E-state index in [0.717, 1.165) is 16.8 Å². The largest absolute Gasteiger partial charge is 0.481 e. The molecule has 0 saturated carbocycles. The van der Waals surface area contributed by atoms with Gasteiger partial charge in [-0.3, -0.25) is 9.29 Å². The highest BCUT2D eigenvalue weighted by atomic mass is 32.2. The Hall–Kier alpha value is -3.91. The van der Waals surface area contributed by atoms with Crippen LogP contribution in [0.2, 0.25) is 0 Å². The quantitative estimate of drug-likeness (QED) is 0.265. The zero-order valence-corrected chi connectivity index (χ0v) is 24.4. The first kappa shape index (κ1) is 29.1. The number of anilines is 1. The van der Waals surface area contributed by atoms with Gasteiger partial charge in [0.05, 0.1) is 25.5 Å². The van der Waals surface area contributed by atoms with E-state index < -0.39 is 21.4 Å². The Bertz CT molecular complexity index is 1550. The average Bonchev–Trinajstić information content (AvgIpc) is 3.49. The minimum absolute atomic E-state index is 0.00208. The average molecular weight is 571 g/mol. The number of methoxy groups -OCH3 is 1. The van der Waals surface area contributed by atoms with Crippen molar-refractivity contribution in [3.05, 3.63) is 59.0 Å². The summed E-state index contributed by atoms with van der Waals surface area (Å²) >= 11 is 0. The first-order chi connectivity index (χ1) is 19.0. The lowest BCUT2D eigenvalue weighted by Crippen LogP contribution is -2.35. The molecule has 4 aromatic heterocycles. The van der Waals surface area contributed by atoms with Gasteiger partial charge in [-0.1, -0.05) is 18.1 Å². The van der Waals surface area contributed by atoms with Crippen LogP contribution in [-0.4, -0.2) is 61.8 Å². The van der Waals surface area contributed by atoms with Crippen molar-refractivity contribution >= 4 is 16.0 Å². The Balaban J connectivity index is 1.75. The minimum Gasteiger partial charge on any atom is -0.481 e. The number of sulfonamides is 1. The summed E-state index contributed by atoms with van der Waals surface area (Å²) in [5.41, 5.74) is 2.85. The van der Waals surface area contributed by atoms with Crippen LogP contribution < -0.4 is 9.46 Å². The van der Waals surface area contributed by atoms with E-state index in [2.05, 4.69) is 35.0 Å². The van der Waals surface area contributed by atoms with Gasteiger partial charge >= 0.3 is 0 Å². The fourth-order valence-electron chi connectivity index (χ4n) is 4.05. The molecule has 4 aromatic rings. The fourth-order valence-corrected chi connectivity index (χ4v) is 5.16. The van der Waals surface area contributed by atoms with Crippen molar-refractivity contribution in [3.63, 3.8) is 0 Å². The second-order valence-corrected chi connectivity index (χ2v) is 11.6. The summed E-state index contributed by atoms with van der Waals surface area (Å²) in [6.45, 7) is 11.0. The SMILES string of the molecule is CCc1noc(C)c1Cn1c(NS(=O)(=O)C(C)C(OC(C)C)c2ncc(C)cn2)nnc1-c1cccc(OC)n1. The molecule has 0 saturated heterocycles. The number of hydrogen-bond acceptors (Lipinski definition) is 11. The van der Waals surface area contributed by atoms with Crippen LogP contribution in [0.3, 0.4) is 0 Å². The van der Waals surface area contributed by atoms with Gasteiger partial charge in [-0.2, -0.15) is 0 Å². The maximum Gasteiger partial charge on any atom is 0.240 e. The molecule has 1 N–H and O–H groups in total. The Morgan fingerprint density at radius 3 is 2.48 bits per heavy atom. The van der Waals surface area contributed by atoms with Crippen molar-refractivity contribution in [2.75, 3.05) is 11.8 Å². The van der Waals surface area contributed by atoms with Gasteiger partial charge in [0, 0.05) is 24.0 Å². The standard InChI is InChI=1S/C26H34N8O5S/c1-8-20-19(17(5)39-32-20)14-34-25(21-10-9-11-22(29-21)37-7)30-31-26(34)33-40(35,36)18(6)23(38-15(2)3)24-27-12-16(4)13-28-24/h9-13,15,18,23H,8,14H2,1-7H3,(H,31,33). The lowest BCUT2D eigenvalue weighted by atomic mass is 10.1. The van der Waals surface area contributed by atoms with Crippen LogP contribution in [0.5, 0.6) is 5.88 Å². The number of pyridine rings is 1. The van der Waals surface area contributed by atoms with Crippen LogP contribution in [0.1, 0.15) is 62.2 Å². The lowest BCUT2D eigenvalue weighted by molar-refractivity contribution is 0.00152. The Kier molecular flexibility index (Phi) is 8.79. The smallest absolute Gasteiger partial charge is 0.240 e. The maximum absolute atomic E-state index is 13.8. The number of ether oxygens (including phenoxy) is 2. The first-order valence-electron chi connectivity index (χ1n) is 12.9. The molecule has 4 heterocycles. The summed E-state index contributed by atoms with van der Waals surface area (Å²) in [5.74, 6) is 1.60. The van der Waals surface area contributed by atoms with Gasteiger partial charge in [0.2, 0.25) is 21.9 Å². The normalized spacial score (nSPS) is 13.4. The van der Waals surface area contributed by atoms with Gasteiger partial charge in [-0.25, -0.2) is 23.4 Å². The van der Waals surface area contributed by atoms with E-state index in [1.807, 2.05) is 27.7 Å². The van der Waals surface area contributed by atoms with E-state index in [0.29, 0.717) is 29.6 Å². The zero-order valence-electron chi connectivity index (χ0n) is 23.6. The molecule has 0 fully saturated rings. The van der Waals surface area contributed by atoms with E-state index in [1.165, 1.54) is 7.11 Å². The van der Waals surface area contributed by atoms with Crippen molar-refractivity contribution in [2.24, 2.45) is 0 Å². The lowest BCUT2D eigenvalue weighted by Gasteiger charge is -2.25. The topological polar surface area (TPSA) is 160 Å². The van der Waals surface area contributed by atoms with Gasteiger partial charge in [0.1, 0.15) is 22.8 Å². The van der Waals surface area contributed by atoms with Gasteiger partial charge in [-0.05, 0) is 52.7 Å². The van der Waals surface area contributed by atoms with Crippen molar-refractivity contribution in [1.29, 1.82) is 0 Å². The van der Waals surface area contributed by atoms with Crippen molar-refractivity contribution in [2.45, 2.75) is 72.0 Å². The van der Waals surface area contributed by atoms with Crippen molar-refractivity contribution in [3.8, 4) is 17.4 Å². The first-order valence-corrected chi connectivity index (χ1v) is 14.4. The van der Waals surface area contributed by atoms with Crippen LogP contribution in [0.15, 0.2) is 35.1 Å². The molecule has 13 nitrogen and oxygen atoms in total. The van der Waals surface area contributed by atoms with E-state index in [9.17, 15) is 8.42 Å². The Morgan fingerprint density at radius 2 is 1.82 bits per heavy atom. The zero-order chi connectivity index (χ0) is 29.0. The van der Waals surface area contributed by atoms with Gasteiger partial charge in [0.25, 0.3) is 0 Å². The molecular formula is C26H34N8O5S. The van der Waals surface area contributed by atoms with Crippen LogP contribution in [0.25, 0.3) is 11.5 Å². The van der Waals surface area contributed by atoms with Crippen LogP contribution in [-0.2, 0) is 27.7 Å². The summed E-state index contributed by atoms with van der Waals surface area (Å²) in [6, 6.07) is 5.22. The predicted molar refractivity (Wildman–Crippen MR) is 147 cm³/mol. The number of aryl methyl sites for hydroxylation is 3. The maximum atomic E-state index is 13.8. The monoisotopic (exact) mass is 570 g/mol. The second kappa shape index (κ2) is 12.1. The fraction of sp³-hybridized carbons (Fsp3) is 0.462. The van der Waals surface area contributed by atoms with Gasteiger partial charge in [-0.15, -0.1) is 10.2 Å². The van der Waals surface area contributed by atoms with Crippen molar-refractivity contribution < 1.29 is 22.4 Å². The number of nitrogens with zero attached hydrogens (tertiary/aromatic N) is 7. The third-order valence-electron chi connectivity index (χ3n) is 6.25. The third kappa shape index (κ3) is 6.28. The molecule has 2 unspecified atom stereocenters. The Morgan fingerprint density at radius 1 is 1.10 bits per heavy atom.